The van der Waals surface area contributed by atoms with Crippen LogP contribution in [0.2, 0.25) is 0 Å². The van der Waals surface area contributed by atoms with Gasteiger partial charge in [-0.15, -0.1) is 0 Å². The van der Waals surface area contributed by atoms with Crippen LogP contribution in [0.3, 0.4) is 0 Å². The Labute approximate surface area is 143 Å². The van der Waals surface area contributed by atoms with E-state index in [1.165, 1.54) is 4.68 Å². The number of nitrogens with one attached hydrogen (secondary N) is 2. The number of benzene rings is 2. The highest BCUT2D eigenvalue weighted by atomic mass is 16.1. The molecule has 6 heteroatoms. The molecule has 0 aliphatic rings. The molecule has 0 fully saturated rings. The number of aryl methyl sites for hydroxylation is 1. The Morgan fingerprint density at radius 3 is 2.80 bits per heavy atom. The Hall–Kier alpha value is -3.41. The average molecular weight is 332 g/mol. The van der Waals surface area contributed by atoms with Gasteiger partial charge in [0.05, 0.1) is 17.6 Å². The Morgan fingerprint density at radius 2 is 1.96 bits per heavy atom. The molecule has 25 heavy (non-hydrogen) atoms. The molecule has 0 unspecified atom stereocenters. The van der Waals surface area contributed by atoms with Crippen molar-refractivity contribution in [3.05, 3.63) is 76.3 Å². The monoisotopic (exact) mass is 332 g/mol. The van der Waals surface area contributed by atoms with Crippen molar-refractivity contribution in [1.29, 1.82) is 0 Å². The summed E-state index contributed by atoms with van der Waals surface area (Å²) < 4.78 is 1.30. The number of fused-ring (bicyclic) bond motifs is 2. The number of nitrogens with zero attached hydrogens (tertiary/aromatic N) is 2. The smallest absolute Gasteiger partial charge is 0.274 e. The van der Waals surface area contributed by atoms with Crippen molar-refractivity contribution in [2.45, 2.75) is 6.54 Å². The minimum Gasteiger partial charge on any atom is -0.361 e. The average Bonchev–Trinajstić information content (AvgIpc) is 3.11. The standard InChI is InChI=1S/C19H16N4O2/c1-23-19(25)15-5-3-2-4-14(15)17(22-23)11-21-18(24)13-7-6-12-8-9-20-16(12)10-13/h2-10,20H,11H2,1H3,(H,21,24). The highest BCUT2D eigenvalue weighted by Crippen LogP contribution is 2.15. The van der Waals surface area contributed by atoms with Gasteiger partial charge in [-0.1, -0.05) is 24.3 Å². The third-order valence-corrected chi connectivity index (χ3v) is 4.27. The first-order valence-electron chi connectivity index (χ1n) is 7.94. The predicted octanol–water partition coefficient (Wildman–Crippen LogP) is 2.34. The number of aromatic nitrogens is 3. The maximum absolute atomic E-state index is 12.5. The van der Waals surface area contributed by atoms with Crippen molar-refractivity contribution in [3.63, 3.8) is 0 Å². The fraction of sp³-hybridized carbons (Fsp3) is 0.105. The number of aromatic amines is 1. The maximum Gasteiger partial charge on any atom is 0.274 e. The minimum absolute atomic E-state index is 0.150. The third-order valence-electron chi connectivity index (χ3n) is 4.27. The summed E-state index contributed by atoms with van der Waals surface area (Å²) in [4.78, 5) is 27.7. The van der Waals surface area contributed by atoms with Crippen LogP contribution < -0.4 is 10.9 Å². The SMILES string of the molecule is Cn1nc(CNC(=O)c2ccc3cc[nH]c3c2)c2ccccc2c1=O. The number of carbonyl (C=O) groups is 1. The first-order chi connectivity index (χ1) is 12.1. The minimum atomic E-state index is -0.184. The number of amides is 1. The molecule has 4 rings (SSSR count). The lowest BCUT2D eigenvalue weighted by atomic mass is 10.1. The van der Waals surface area contributed by atoms with Crippen LogP contribution in [0.15, 0.2) is 59.5 Å². The predicted molar refractivity (Wildman–Crippen MR) is 96.5 cm³/mol. The lowest BCUT2D eigenvalue weighted by Gasteiger charge is -2.09. The van der Waals surface area contributed by atoms with E-state index in [0.29, 0.717) is 16.6 Å². The van der Waals surface area contributed by atoms with Gasteiger partial charge in [0.2, 0.25) is 0 Å². The second-order valence-electron chi connectivity index (χ2n) is 5.88. The summed E-state index contributed by atoms with van der Waals surface area (Å²) in [6.45, 7) is 0.246. The largest absolute Gasteiger partial charge is 0.361 e. The van der Waals surface area contributed by atoms with E-state index in [1.807, 2.05) is 42.6 Å². The quantitative estimate of drug-likeness (QED) is 0.604. The van der Waals surface area contributed by atoms with Crippen LogP contribution in [0.4, 0.5) is 0 Å². The maximum atomic E-state index is 12.5. The molecular formula is C19H16N4O2. The van der Waals surface area contributed by atoms with Crippen LogP contribution in [0.5, 0.6) is 0 Å². The molecule has 6 nitrogen and oxygen atoms in total. The summed E-state index contributed by atoms with van der Waals surface area (Å²) >= 11 is 0. The van der Waals surface area contributed by atoms with Crippen LogP contribution in [0.1, 0.15) is 16.1 Å². The van der Waals surface area contributed by atoms with Crippen LogP contribution in [-0.4, -0.2) is 20.7 Å². The zero-order valence-electron chi connectivity index (χ0n) is 13.6. The van der Waals surface area contributed by atoms with Crippen LogP contribution in [0.25, 0.3) is 21.7 Å². The molecule has 0 spiro atoms. The van der Waals surface area contributed by atoms with Crippen molar-refractivity contribution in [1.82, 2.24) is 20.1 Å². The molecule has 1 amide bonds. The summed E-state index contributed by atoms with van der Waals surface area (Å²) in [5.74, 6) is -0.184. The van der Waals surface area contributed by atoms with Gasteiger partial charge in [0.1, 0.15) is 0 Å². The first kappa shape index (κ1) is 15.1. The summed E-state index contributed by atoms with van der Waals surface area (Å²) in [5.41, 5.74) is 2.00. The normalized spacial score (nSPS) is 11.1. The number of rotatable bonds is 3. The van der Waals surface area contributed by atoms with Gasteiger partial charge < -0.3 is 10.3 Å². The van der Waals surface area contributed by atoms with E-state index >= 15 is 0 Å². The van der Waals surface area contributed by atoms with E-state index in [4.69, 9.17) is 0 Å². The van der Waals surface area contributed by atoms with Gasteiger partial charge in [-0.05, 0) is 29.7 Å². The van der Waals surface area contributed by atoms with Gasteiger partial charge in [0, 0.05) is 29.7 Å². The Bertz CT molecular complexity index is 1160. The zero-order valence-corrected chi connectivity index (χ0v) is 13.6. The fourth-order valence-corrected chi connectivity index (χ4v) is 2.96. The summed E-state index contributed by atoms with van der Waals surface area (Å²) in [7, 11) is 1.61. The Balaban J connectivity index is 1.62. The summed E-state index contributed by atoms with van der Waals surface area (Å²) in [6, 6.07) is 14.7. The number of carbonyl (C=O) groups excluding carboxylic acids is 1. The van der Waals surface area contributed by atoms with E-state index in [-0.39, 0.29) is 18.0 Å². The van der Waals surface area contributed by atoms with Crippen molar-refractivity contribution < 1.29 is 4.79 Å². The van der Waals surface area contributed by atoms with Crippen molar-refractivity contribution in [2.24, 2.45) is 7.05 Å². The van der Waals surface area contributed by atoms with Crippen molar-refractivity contribution >= 4 is 27.6 Å². The van der Waals surface area contributed by atoms with Crippen LogP contribution in [-0.2, 0) is 13.6 Å². The molecule has 0 radical (unpaired) electrons. The van der Waals surface area contributed by atoms with Gasteiger partial charge in [0.15, 0.2) is 0 Å². The van der Waals surface area contributed by atoms with Crippen LogP contribution in [0, 0.1) is 0 Å². The molecule has 0 saturated carbocycles. The second kappa shape index (κ2) is 5.90. The summed E-state index contributed by atoms with van der Waals surface area (Å²) in [5, 5.41) is 9.58. The van der Waals surface area contributed by atoms with Gasteiger partial charge >= 0.3 is 0 Å². The lowest BCUT2D eigenvalue weighted by Crippen LogP contribution is -2.27. The Kier molecular flexibility index (Phi) is 3.57. The van der Waals surface area contributed by atoms with Crippen LogP contribution >= 0.6 is 0 Å². The third kappa shape index (κ3) is 2.67. The molecule has 4 aromatic rings. The zero-order chi connectivity index (χ0) is 17.4. The molecule has 0 saturated heterocycles. The van der Waals surface area contributed by atoms with E-state index in [0.717, 1.165) is 16.3 Å². The summed E-state index contributed by atoms with van der Waals surface area (Å²) in [6.07, 6.45) is 1.84. The second-order valence-corrected chi connectivity index (χ2v) is 5.88. The van der Waals surface area contributed by atoms with Crippen molar-refractivity contribution in [3.8, 4) is 0 Å². The van der Waals surface area contributed by atoms with Gasteiger partial charge in [-0.2, -0.15) is 5.10 Å². The highest BCUT2D eigenvalue weighted by molar-refractivity contribution is 5.98. The molecule has 2 aromatic carbocycles. The van der Waals surface area contributed by atoms with Gasteiger partial charge in [0.25, 0.3) is 11.5 Å². The van der Waals surface area contributed by atoms with Gasteiger partial charge in [-0.25, -0.2) is 4.68 Å². The highest BCUT2D eigenvalue weighted by Gasteiger charge is 2.11. The topological polar surface area (TPSA) is 79.8 Å². The molecule has 0 bridgehead atoms. The molecule has 2 N–H and O–H groups in total. The molecule has 0 aliphatic heterocycles. The van der Waals surface area contributed by atoms with Gasteiger partial charge in [-0.3, -0.25) is 9.59 Å². The van der Waals surface area contributed by atoms with E-state index in [2.05, 4.69) is 15.4 Å². The number of hydrogen-bond acceptors (Lipinski definition) is 3. The van der Waals surface area contributed by atoms with Crippen molar-refractivity contribution in [2.75, 3.05) is 0 Å². The fourth-order valence-electron chi connectivity index (χ4n) is 2.96. The lowest BCUT2D eigenvalue weighted by molar-refractivity contribution is 0.0950. The molecular weight excluding hydrogens is 316 g/mol. The van der Waals surface area contributed by atoms with E-state index in [9.17, 15) is 9.59 Å². The Morgan fingerprint density at radius 1 is 1.16 bits per heavy atom. The molecule has 0 aliphatic carbocycles. The van der Waals surface area contributed by atoms with E-state index in [1.54, 1.807) is 19.2 Å². The molecule has 2 heterocycles. The van der Waals surface area contributed by atoms with E-state index < -0.39 is 0 Å². The number of H-pyrrole nitrogens is 1. The molecule has 2 aromatic heterocycles. The molecule has 124 valence electrons. The first-order valence-corrected chi connectivity index (χ1v) is 7.94. The number of hydrogen-bond donors (Lipinski definition) is 2. The molecule has 0 atom stereocenters.